The normalized spacial score (nSPS) is 25.8. The van der Waals surface area contributed by atoms with Gasteiger partial charge in [0.25, 0.3) is 0 Å². The van der Waals surface area contributed by atoms with Gasteiger partial charge >= 0.3 is 0 Å². The van der Waals surface area contributed by atoms with E-state index in [1.165, 1.54) is 32.1 Å². The largest absolute Gasteiger partial charge is 0.394 e. The van der Waals surface area contributed by atoms with Crippen molar-refractivity contribution in [3.05, 3.63) is 35.9 Å². The number of benzene rings is 1. The summed E-state index contributed by atoms with van der Waals surface area (Å²) in [5, 5.41) is 9.81. The Balaban J connectivity index is 1.98. The average Bonchev–Trinajstić information content (AvgIpc) is 2.55. The maximum Gasteiger partial charge on any atom is 0.0772 e. The summed E-state index contributed by atoms with van der Waals surface area (Å²) in [6.45, 7) is 2.97. The first kappa shape index (κ1) is 16.5. The third kappa shape index (κ3) is 4.06. The summed E-state index contributed by atoms with van der Waals surface area (Å²) in [5.74, 6) is 0.907. The van der Waals surface area contributed by atoms with E-state index in [1.807, 2.05) is 30.3 Å². The molecule has 0 aromatic heterocycles. The highest BCUT2D eigenvalue weighted by atomic mass is 16.3. The molecule has 0 radical (unpaired) electrons. The molecule has 0 spiro atoms. The lowest BCUT2D eigenvalue weighted by Crippen LogP contribution is -2.52. The Labute approximate surface area is 129 Å². The summed E-state index contributed by atoms with van der Waals surface area (Å²) in [6, 6.07) is 10.6. The molecule has 21 heavy (non-hydrogen) atoms. The smallest absolute Gasteiger partial charge is 0.0772 e. The van der Waals surface area contributed by atoms with Crippen molar-refractivity contribution in [2.45, 2.75) is 50.6 Å². The molecule has 0 aliphatic heterocycles. The van der Waals surface area contributed by atoms with Crippen molar-refractivity contribution in [1.82, 2.24) is 4.90 Å². The van der Waals surface area contributed by atoms with Gasteiger partial charge in [-0.25, -0.2) is 0 Å². The highest BCUT2D eigenvalue weighted by molar-refractivity contribution is 5.24. The topological polar surface area (TPSA) is 49.5 Å². The number of aliphatic hydroxyl groups is 1. The Morgan fingerprint density at radius 2 is 1.81 bits per heavy atom. The van der Waals surface area contributed by atoms with Crippen LogP contribution in [0.5, 0.6) is 0 Å². The molecule has 0 saturated heterocycles. The predicted molar refractivity (Wildman–Crippen MR) is 88.1 cm³/mol. The number of aliphatic hydroxyl groups excluding tert-OH is 1. The first-order valence-electron chi connectivity index (χ1n) is 8.24. The third-order valence-corrected chi connectivity index (χ3v) is 5.18. The van der Waals surface area contributed by atoms with E-state index in [4.69, 9.17) is 5.73 Å². The van der Waals surface area contributed by atoms with Gasteiger partial charge in [0, 0.05) is 12.6 Å². The number of nitrogens with zero attached hydrogens (tertiary/aromatic N) is 1. The molecule has 3 nitrogen and oxygen atoms in total. The summed E-state index contributed by atoms with van der Waals surface area (Å²) in [4.78, 5) is 2.36. The van der Waals surface area contributed by atoms with Crippen LogP contribution in [0.3, 0.4) is 0 Å². The van der Waals surface area contributed by atoms with E-state index in [9.17, 15) is 5.11 Å². The SMILES string of the molecule is CCC1CCC(N(C)CC(N)(CO)c2ccccc2)CC1. The standard InChI is InChI=1S/C18H30N2O/c1-3-15-9-11-17(12-10-15)20(2)13-18(19,14-21)16-7-5-4-6-8-16/h4-8,15,17,21H,3,9-14,19H2,1-2H3. The van der Waals surface area contributed by atoms with E-state index < -0.39 is 5.54 Å². The molecule has 1 aliphatic carbocycles. The van der Waals surface area contributed by atoms with Crippen molar-refractivity contribution < 1.29 is 5.11 Å². The Morgan fingerprint density at radius 3 is 2.33 bits per heavy atom. The minimum absolute atomic E-state index is 0.0222. The van der Waals surface area contributed by atoms with E-state index in [0.29, 0.717) is 12.6 Å². The van der Waals surface area contributed by atoms with E-state index in [0.717, 1.165) is 11.5 Å². The van der Waals surface area contributed by atoms with Gasteiger partial charge in [0.2, 0.25) is 0 Å². The molecule has 1 aromatic carbocycles. The highest BCUT2D eigenvalue weighted by Gasteiger charge is 2.31. The zero-order chi connectivity index (χ0) is 15.3. The van der Waals surface area contributed by atoms with Crippen LogP contribution in [-0.2, 0) is 5.54 Å². The van der Waals surface area contributed by atoms with Crippen LogP contribution in [0, 0.1) is 5.92 Å². The fourth-order valence-corrected chi connectivity index (χ4v) is 3.57. The van der Waals surface area contributed by atoms with Gasteiger partial charge in [-0.3, -0.25) is 0 Å². The van der Waals surface area contributed by atoms with E-state index >= 15 is 0 Å². The van der Waals surface area contributed by atoms with Gasteiger partial charge in [0.1, 0.15) is 0 Å². The second-order valence-corrected chi connectivity index (χ2v) is 6.68. The molecule has 3 N–H and O–H groups in total. The van der Waals surface area contributed by atoms with Gasteiger partial charge in [0.15, 0.2) is 0 Å². The molecule has 1 fully saturated rings. The summed E-state index contributed by atoms with van der Waals surface area (Å²) in [5.41, 5.74) is 6.83. The molecule has 0 heterocycles. The number of nitrogens with two attached hydrogens (primary N) is 1. The fraction of sp³-hybridized carbons (Fsp3) is 0.667. The maximum atomic E-state index is 9.81. The molecule has 1 unspecified atom stereocenters. The van der Waals surface area contributed by atoms with Gasteiger partial charge in [-0.2, -0.15) is 0 Å². The molecule has 1 saturated carbocycles. The molecule has 0 amide bonds. The summed E-state index contributed by atoms with van der Waals surface area (Å²) in [7, 11) is 2.15. The first-order chi connectivity index (χ1) is 10.1. The molecule has 1 aliphatic rings. The van der Waals surface area contributed by atoms with Crippen LogP contribution >= 0.6 is 0 Å². The minimum atomic E-state index is -0.669. The van der Waals surface area contributed by atoms with Crippen molar-refractivity contribution in [1.29, 1.82) is 0 Å². The zero-order valence-electron chi connectivity index (χ0n) is 13.5. The number of hydrogen-bond acceptors (Lipinski definition) is 3. The maximum absolute atomic E-state index is 9.81. The molecule has 1 atom stereocenters. The molecule has 2 rings (SSSR count). The molecular formula is C18H30N2O. The fourth-order valence-electron chi connectivity index (χ4n) is 3.57. The van der Waals surface area contributed by atoms with Crippen LogP contribution in [0.1, 0.15) is 44.6 Å². The van der Waals surface area contributed by atoms with Gasteiger partial charge < -0.3 is 15.7 Å². The van der Waals surface area contributed by atoms with Gasteiger partial charge in [-0.1, -0.05) is 43.7 Å². The van der Waals surface area contributed by atoms with E-state index in [-0.39, 0.29) is 6.61 Å². The summed E-state index contributed by atoms with van der Waals surface area (Å²) >= 11 is 0. The Morgan fingerprint density at radius 1 is 1.19 bits per heavy atom. The quantitative estimate of drug-likeness (QED) is 0.847. The van der Waals surface area contributed by atoms with E-state index in [1.54, 1.807) is 0 Å². The molecule has 3 heteroatoms. The Bertz CT molecular complexity index is 414. The van der Waals surface area contributed by atoms with Crippen molar-refractivity contribution >= 4 is 0 Å². The van der Waals surface area contributed by atoms with Crippen molar-refractivity contribution in [3.8, 4) is 0 Å². The summed E-state index contributed by atoms with van der Waals surface area (Å²) in [6.07, 6.45) is 6.47. The monoisotopic (exact) mass is 290 g/mol. The lowest BCUT2D eigenvalue weighted by Gasteiger charge is -2.39. The number of hydrogen-bond donors (Lipinski definition) is 2. The Hall–Kier alpha value is -0.900. The second kappa shape index (κ2) is 7.39. The van der Waals surface area contributed by atoms with Crippen LogP contribution in [0.4, 0.5) is 0 Å². The minimum Gasteiger partial charge on any atom is -0.394 e. The lowest BCUT2D eigenvalue weighted by molar-refractivity contribution is 0.101. The first-order valence-corrected chi connectivity index (χ1v) is 8.24. The molecular weight excluding hydrogens is 260 g/mol. The number of likely N-dealkylation sites (N-methyl/N-ethyl adjacent to an activating group) is 1. The summed E-state index contributed by atoms with van der Waals surface area (Å²) < 4.78 is 0. The van der Waals surface area contributed by atoms with Crippen LogP contribution < -0.4 is 5.73 Å². The lowest BCUT2D eigenvalue weighted by atomic mass is 9.83. The average molecular weight is 290 g/mol. The van der Waals surface area contributed by atoms with Crippen LogP contribution in [0.15, 0.2) is 30.3 Å². The van der Waals surface area contributed by atoms with Gasteiger partial charge in [-0.15, -0.1) is 0 Å². The van der Waals surface area contributed by atoms with Crippen molar-refractivity contribution in [2.75, 3.05) is 20.2 Å². The second-order valence-electron chi connectivity index (χ2n) is 6.68. The third-order valence-electron chi connectivity index (χ3n) is 5.18. The van der Waals surface area contributed by atoms with Crippen LogP contribution in [0.25, 0.3) is 0 Å². The molecule has 118 valence electrons. The predicted octanol–water partition coefficient (Wildman–Crippen LogP) is 2.73. The van der Waals surface area contributed by atoms with Crippen molar-refractivity contribution in [3.63, 3.8) is 0 Å². The molecule has 0 bridgehead atoms. The van der Waals surface area contributed by atoms with Gasteiger partial charge in [-0.05, 0) is 44.2 Å². The van der Waals surface area contributed by atoms with E-state index in [2.05, 4.69) is 18.9 Å². The van der Waals surface area contributed by atoms with Crippen LogP contribution in [-0.4, -0.2) is 36.2 Å². The Kier molecular flexibility index (Phi) is 5.80. The highest BCUT2D eigenvalue weighted by Crippen LogP contribution is 2.30. The van der Waals surface area contributed by atoms with Crippen molar-refractivity contribution in [2.24, 2.45) is 11.7 Å². The van der Waals surface area contributed by atoms with Gasteiger partial charge in [0.05, 0.1) is 12.1 Å². The zero-order valence-corrected chi connectivity index (χ0v) is 13.5. The molecule has 1 aromatic rings. The number of rotatable bonds is 6. The van der Waals surface area contributed by atoms with Crippen LogP contribution in [0.2, 0.25) is 0 Å².